The smallest absolute Gasteiger partial charge is 0.225 e. The van der Waals surface area contributed by atoms with Gasteiger partial charge in [0.2, 0.25) is 5.91 Å². The Balaban J connectivity index is 1.78. The maximum absolute atomic E-state index is 12.0. The van der Waals surface area contributed by atoms with E-state index in [0.717, 1.165) is 36.6 Å². The molecule has 1 atom stereocenters. The number of rotatable bonds is 6. The fraction of sp³-hybridized carbons (Fsp3) is 0.533. The molecule has 1 unspecified atom stereocenters. The summed E-state index contributed by atoms with van der Waals surface area (Å²) >= 11 is 1.63. The molecule has 0 saturated carbocycles. The van der Waals surface area contributed by atoms with E-state index in [-0.39, 0.29) is 12.5 Å². The number of nitrogens with zero attached hydrogens (tertiary/aromatic N) is 1. The van der Waals surface area contributed by atoms with E-state index in [1.807, 2.05) is 30.5 Å². The predicted octanol–water partition coefficient (Wildman–Crippen LogP) is 2.05. The summed E-state index contributed by atoms with van der Waals surface area (Å²) in [5, 5.41) is 12.1. The lowest BCUT2D eigenvalue weighted by molar-refractivity contribution is -0.116. The molecule has 5 heteroatoms. The van der Waals surface area contributed by atoms with Crippen molar-refractivity contribution in [1.29, 1.82) is 0 Å². The van der Waals surface area contributed by atoms with Gasteiger partial charge in [-0.3, -0.25) is 4.79 Å². The molecular weight excluding hydrogens is 272 g/mol. The number of aliphatic hydroxyl groups is 1. The number of anilines is 1. The van der Waals surface area contributed by atoms with Gasteiger partial charge in [0.1, 0.15) is 0 Å². The molecule has 1 aliphatic rings. The van der Waals surface area contributed by atoms with Crippen molar-refractivity contribution in [3.63, 3.8) is 0 Å². The first-order valence-corrected chi connectivity index (χ1v) is 8.21. The zero-order chi connectivity index (χ0) is 14.4. The predicted molar refractivity (Wildman–Crippen MR) is 83.1 cm³/mol. The molecule has 0 radical (unpaired) electrons. The normalized spacial score (nSPS) is 19.2. The summed E-state index contributed by atoms with van der Waals surface area (Å²) in [6.45, 7) is 2.92. The zero-order valence-corrected chi connectivity index (χ0v) is 12.7. The highest BCUT2D eigenvalue weighted by molar-refractivity contribution is 7.98. The molecule has 0 bridgehead atoms. The minimum Gasteiger partial charge on any atom is -0.396 e. The molecule has 1 aliphatic heterocycles. The van der Waals surface area contributed by atoms with Gasteiger partial charge in [0, 0.05) is 31.0 Å². The number of para-hydroxylation sites is 1. The van der Waals surface area contributed by atoms with E-state index >= 15 is 0 Å². The van der Waals surface area contributed by atoms with Crippen molar-refractivity contribution in [3.05, 3.63) is 24.3 Å². The van der Waals surface area contributed by atoms with Gasteiger partial charge in [0.25, 0.3) is 0 Å². The van der Waals surface area contributed by atoms with Gasteiger partial charge in [-0.15, -0.1) is 11.8 Å². The standard InChI is InChI=1S/C15H22N2O2S/c1-20-14-5-3-2-4-13(14)16-15(19)7-9-17-8-6-12(10-17)11-18/h2-5,12,18H,6-11H2,1H3,(H,16,19). The molecule has 2 N–H and O–H groups in total. The lowest BCUT2D eigenvalue weighted by Gasteiger charge is -2.15. The molecule has 1 fully saturated rings. The van der Waals surface area contributed by atoms with Gasteiger partial charge in [0.15, 0.2) is 0 Å². The third-order valence-electron chi connectivity index (χ3n) is 3.66. The van der Waals surface area contributed by atoms with Crippen LogP contribution in [-0.2, 0) is 4.79 Å². The number of hydrogen-bond acceptors (Lipinski definition) is 4. The van der Waals surface area contributed by atoms with Gasteiger partial charge < -0.3 is 15.3 Å². The topological polar surface area (TPSA) is 52.6 Å². The molecule has 1 saturated heterocycles. The number of carbonyl (C=O) groups excluding carboxylic acids is 1. The first-order chi connectivity index (χ1) is 9.72. The Bertz CT molecular complexity index is 453. The molecule has 0 aromatic heterocycles. The van der Waals surface area contributed by atoms with Crippen LogP contribution >= 0.6 is 11.8 Å². The lowest BCUT2D eigenvalue weighted by Crippen LogP contribution is -2.26. The average Bonchev–Trinajstić information content (AvgIpc) is 2.94. The van der Waals surface area contributed by atoms with E-state index in [1.54, 1.807) is 11.8 Å². The zero-order valence-electron chi connectivity index (χ0n) is 11.8. The average molecular weight is 294 g/mol. The molecular formula is C15H22N2O2S. The molecule has 1 aromatic carbocycles. The van der Waals surface area contributed by atoms with E-state index in [0.29, 0.717) is 12.3 Å². The van der Waals surface area contributed by atoms with Gasteiger partial charge in [-0.25, -0.2) is 0 Å². The highest BCUT2D eigenvalue weighted by atomic mass is 32.2. The van der Waals surface area contributed by atoms with Crippen molar-refractivity contribution in [1.82, 2.24) is 4.90 Å². The van der Waals surface area contributed by atoms with Gasteiger partial charge in [0.05, 0.1) is 5.69 Å². The summed E-state index contributed by atoms with van der Waals surface area (Å²) in [5.41, 5.74) is 0.889. The van der Waals surface area contributed by atoms with Crippen molar-refractivity contribution in [3.8, 4) is 0 Å². The summed E-state index contributed by atoms with van der Waals surface area (Å²) in [6.07, 6.45) is 3.54. The number of aliphatic hydroxyl groups excluding tert-OH is 1. The molecule has 20 heavy (non-hydrogen) atoms. The molecule has 0 aliphatic carbocycles. The van der Waals surface area contributed by atoms with Gasteiger partial charge in [-0.05, 0) is 37.3 Å². The van der Waals surface area contributed by atoms with Crippen LogP contribution in [0.15, 0.2) is 29.2 Å². The van der Waals surface area contributed by atoms with Crippen molar-refractivity contribution in [2.45, 2.75) is 17.7 Å². The van der Waals surface area contributed by atoms with Crippen molar-refractivity contribution in [2.75, 3.05) is 37.8 Å². The van der Waals surface area contributed by atoms with Crippen LogP contribution in [0.4, 0.5) is 5.69 Å². The molecule has 4 nitrogen and oxygen atoms in total. The van der Waals surface area contributed by atoms with Crippen LogP contribution in [0, 0.1) is 5.92 Å². The number of likely N-dealkylation sites (tertiary alicyclic amines) is 1. The minimum atomic E-state index is 0.0546. The highest BCUT2D eigenvalue weighted by Crippen LogP contribution is 2.24. The molecule has 2 rings (SSSR count). The van der Waals surface area contributed by atoms with Crippen LogP contribution in [0.3, 0.4) is 0 Å². The van der Waals surface area contributed by atoms with E-state index in [1.165, 1.54) is 0 Å². The summed E-state index contributed by atoms with van der Waals surface area (Å²) in [7, 11) is 0. The largest absolute Gasteiger partial charge is 0.396 e. The molecule has 1 amide bonds. The Hall–Kier alpha value is -1.04. The Morgan fingerprint density at radius 3 is 3.00 bits per heavy atom. The molecule has 110 valence electrons. The third-order valence-corrected chi connectivity index (χ3v) is 4.46. The van der Waals surface area contributed by atoms with Crippen LogP contribution in [0.25, 0.3) is 0 Å². The van der Waals surface area contributed by atoms with Crippen LogP contribution in [-0.4, -0.2) is 48.4 Å². The Labute approximate surface area is 124 Å². The molecule has 1 heterocycles. The number of hydrogen-bond donors (Lipinski definition) is 2. The summed E-state index contributed by atoms with van der Waals surface area (Å²) in [4.78, 5) is 15.3. The summed E-state index contributed by atoms with van der Waals surface area (Å²) in [6, 6.07) is 7.84. The number of thioether (sulfide) groups is 1. The van der Waals surface area contributed by atoms with Crippen molar-refractivity contribution in [2.24, 2.45) is 5.92 Å². The molecule has 1 aromatic rings. The van der Waals surface area contributed by atoms with E-state index in [2.05, 4.69) is 10.2 Å². The van der Waals surface area contributed by atoms with Crippen molar-refractivity contribution >= 4 is 23.4 Å². The summed E-state index contributed by atoms with van der Waals surface area (Å²) in [5.74, 6) is 0.439. The van der Waals surface area contributed by atoms with E-state index in [4.69, 9.17) is 5.11 Å². The fourth-order valence-corrected chi connectivity index (χ4v) is 3.04. The van der Waals surface area contributed by atoms with Crippen molar-refractivity contribution < 1.29 is 9.90 Å². The van der Waals surface area contributed by atoms with Gasteiger partial charge in [-0.1, -0.05) is 12.1 Å². The monoisotopic (exact) mass is 294 g/mol. The number of amides is 1. The van der Waals surface area contributed by atoms with Crippen LogP contribution in [0.1, 0.15) is 12.8 Å². The first-order valence-electron chi connectivity index (χ1n) is 6.99. The fourth-order valence-electron chi connectivity index (χ4n) is 2.49. The second-order valence-electron chi connectivity index (χ2n) is 5.14. The summed E-state index contributed by atoms with van der Waals surface area (Å²) < 4.78 is 0. The maximum Gasteiger partial charge on any atom is 0.225 e. The lowest BCUT2D eigenvalue weighted by atomic mass is 10.1. The number of nitrogens with one attached hydrogen (secondary N) is 1. The Morgan fingerprint density at radius 1 is 1.50 bits per heavy atom. The second-order valence-corrected chi connectivity index (χ2v) is 5.98. The highest BCUT2D eigenvalue weighted by Gasteiger charge is 2.21. The SMILES string of the molecule is CSc1ccccc1NC(=O)CCN1CCC(CO)C1. The number of benzene rings is 1. The van der Waals surface area contributed by atoms with Gasteiger partial charge >= 0.3 is 0 Å². The molecule has 0 spiro atoms. The Morgan fingerprint density at radius 2 is 2.30 bits per heavy atom. The van der Waals surface area contributed by atoms with Crippen LogP contribution in [0.5, 0.6) is 0 Å². The second kappa shape index (κ2) is 7.67. The van der Waals surface area contributed by atoms with Crippen LogP contribution in [0.2, 0.25) is 0 Å². The van der Waals surface area contributed by atoms with Gasteiger partial charge in [-0.2, -0.15) is 0 Å². The van der Waals surface area contributed by atoms with Crippen LogP contribution < -0.4 is 5.32 Å². The Kier molecular flexibility index (Phi) is 5.88. The maximum atomic E-state index is 12.0. The van der Waals surface area contributed by atoms with E-state index < -0.39 is 0 Å². The first kappa shape index (κ1) is 15.4. The quantitative estimate of drug-likeness (QED) is 0.789. The van der Waals surface area contributed by atoms with E-state index in [9.17, 15) is 4.79 Å². The minimum absolute atomic E-state index is 0.0546. The third kappa shape index (κ3) is 4.23. The number of carbonyl (C=O) groups is 1.